The van der Waals surface area contributed by atoms with Crippen molar-refractivity contribution in [1.82, 2.24) is 9.97 Å². The zero-order valence-electron chi connectivity index (χ0n) is 11.3. The zero-order chi connectivity index (χ0) is 13.3. The van der Waals surface area contributed by atoms with Crippen LogP contribution in [-0.2, 0) is 0 Å². The first-order valence-corrected chi connectivity index (χ1v) is 6.32. The zero-order valence-corrected chi connectivity index (χ0v) is 11.3. The molecule has 18 heavy (non-hydrogen) atoms. The highest BCUT2D eigenvalue weighted by molar-refractivity contribution is 5.83. The van der Waals surface area contributed by atoms with Gasteiger partial charge < -0.3 is 10.6 Å². The Balaban J connectivity index is 2.15. The molecule has 5 nitrogen and oxygen atoms in total. The topological polar surface area (TPSA) is 78.9 Å². The van der Waals surface area contributed by atoms with E-state index >= 15 is 0 Å². The summed E-state index contributed by atoms with van der Waals surface area (Å²) in [6.07, 6.45) is 3.59. The van der Waals surface area contributed by atoms with Crippen LogP contribution >= 0.6 is 0 Å². The molecule has 1 fully saturated rings. The monoisotopic (exact) mass is 247 g/mol. The van der Waals surface area contributed by atoms with Crippen molar-refractivity contribution in [3.63, 3.8) is 0 Å². The molecule has 1 saturated heterocycles. The van der Waals surface area contributed by atoms with Gasteiger partial charge in [0.2, 0.25) is 0 Å². The molecule has 1 aromatic rings. The molecule has 3 N–H and O–H groups in total. The summed E-state index contributed by atoms with van der Waals surface area (Å²) < 4.78 is 0. The summed E-state index contributed by atoms with van der Waals surface area (Å²) in [6, 6.07) is 0. The van der Waals surface area contributed by atoms with Crippen LogP contribution in [-0.4, -0.2) is 28.9 Å². The van der Waals surface area contributed by atoms with Crippen LogP contribution in [0.25, 0.3) is 0 Å². The number of nitrogens with zero attached hydrogens (tertiary/aromatic N) is 3. The molecular formula is C13H21N5. The van der Waals surface area contributed by atoms with Gasteiger partial charge in [0.05, 0.1) is 17.2 Å². The minimum absolute atomic E-state index is 0.151. The summed E-state index contributed by atoms with van der Waals surface area (Å²) >= 11 is 0. The van der Waals surface area contributed by atoms with Crippen molar-refractivity contribution in [3.05, 3.63) is 17.6 Å². The van der Waals surface area contributed by atoms with Gasteiger partial charge in [-0.25, -0.2) is 4.98 Å². The Morgan fingerprint density at radius 3 is 2.56 bits per heavy atom. The van der Waals surface area contributed by atoms with E-state index in [9.17, 15) is 0 Å². The summed E-state index contributed by atoms with van der Waals surface area (Å²) in [7, 11) is 0. The molecule has 1 aromatic heterocycles. The van der Waals surface area contributed by atoms with Crippen LogP contribution in [0, 0.1) is 24.7 Å². The van der Waals surface area contributed by atoms with Crippen LogP contribution in [0.15, 0.2) is 6.20 Å². The lowest BCUT2D eigenvalue weighted by atomic mass is 9.79. The lowest BCUT2D eigenvalue weighted by molar-refractivity contribution is 0.349. The first-order chi connectivity index (χ1) is 8.42. The van der Waals surface area contributed by atoms with E-state index in [1.165, 1.54) is 0 Å². The molecule has 0 radical (unpaired) electrons. The minimum atomic E-state index is -0.151. The quantitative estimate of drug-likeness (QED) is 0.615. The van der Waals surface area contributed by atoms with E-state index in [2.05, 4.69) is 21.8 Å². The molecule has 1 aliphatic heterocycles. The first kappa shape index (κ1) is 12.8. The van der Waals surface area contributed by atoms with Crippen molar-refractivity contribution >= 4 is 11.7 Å². The van der Waals surface area contributed by atoms with E-state index in [-0.39, 0.29) is 5.41 Å². The maximum atomic E-state index is 7.66. The molecule has 0 unspecified atom stereocenters. The number of piperidine rings is 1. The highest BCUT2D eigenvalue weighted by Crippen LogP contribution is 2.32. The standard InChI is InChI=1S/C13H21N5/c1-9-8-16-10(2)11(17-9)18-6-4-13(3,5-7-18)12(14)15/h8H,4-7H2,1-3H3,(H3,14,15). The normalized spacial score (nSPS) is 18.7. The van der Waals surface area contributed by atoms with Gasteiger partial charge in [-0.15, -0.1) is 0 Å². The third-order valence-corrected chi connectivity index (χ3v) is 3.87. The molecule has 5 heteroatoms. The smallest absolute Gasteiger partial charge is 0.150 e. The van der Waals surface area contributed by atoms with Crippen molar-refractivity contribution in [2.75, 3.05) is 18.0 Å². The molecule has 2 heterocycles. The van der Waals surface area contributed by atoms with Crippen LogP contribution in [0.5, 0.6) is 0 Å². The molecule has 98 valence electrons. The van der Waals surface area contributed by atoms with E-state index in [0.717, 1.165) is 43.1 Å². The average molecular weight is 247 g/mol. The van der Waals surface area contributed by atoms with Gasteiger partial charge in [-0.05, 0) is 26.7 Å². The van der Waals surface area contributed by atoms with Crippen molar-refractivity contribution in [2.24, 2.45) is 11.1 Å². The molecule has 0 aliphatic carbocycles. The molecule has 0 bridgehead atoms. The summed E-state index contributed by atoms with van der Waals surface area (Å²) in [5, 5.41) is 7.66. The summed E-state index contributed by atoms with van der Waals surface area (Å²) in [4.78, 5) is 11.2. The SMILES string of the molecule is Cc1cnc(C)c(N2CCC(C)(C(=N)N)CC2)n1. The number of hydrogen-bond acceptors (Lipinski definition) is 4. The van der Waals surface area contributed by atoms with Gasteiger partial charge in [0.15, 0.2) is 0 Å². The number of nitrogens with one attached hydrogen (secondary N) is 1. The van der Waals surface area contributed by atoms with Crippen LogP contribution in [0.2, 0.25) is 0 Å². The Kier molecular flexibility index (Phi) is 3.24. The van der Waals surface area contributed by atoms with Crippen LogP contribution in [0.3, 0.4) is 0 Å². The number of nitrogens with two attached hydrogens (primary N) is 1. The first-order valence-electron chi connectivity index (χ1n) is 6.32. The minimum Gasteiger partial charge on any atom is -0.387 e. The van der Waals surface area contributed by atoms with E-state index < -0.39 is 0 Å². The number of rotatable bonds is 2. The maximum Gasteiger partial charge on any atom is 0.150 e. The van der Waals surface area contributed by atoms with Crippen LogP contribution in [0.4, 0.5) is 5.82 Å². The maximum absolute atomic E-state index is 7.66. The Labute approximate surface area is 108 Å². The van der Waals surface area contributed by atoms with Gasteiger partial charge in [-0.3, -0.25) is 10.4 Å². The van der Waals surface area contributed by atoms with Gasteiger partial charge in [0.1, 0.15) is 5.82 Å². The summed E-state index contributed by atoms with van der Waals surface area (Å²) in [5.74, 6) is 1.27. The van der Waals surface area contributed by atoms with Crippen molar-refractivity contribution in [1.29, 1.82) is 5.41 Å². The van der Waals surface area contributed by atoms with E-state index in [1.807, 2.05) is 13.8 Å². The van der Waals surface area contributed by atoms with E-state index in [4.69, 9.17) is 11.1 Å². The summed E-state index contributed by atoms with van der Waals surface area (Å²) in [5.41, 5.74) is 7.43. The second kappa shape index (κ2) is 4.55. The lowest BCUT2D eigenvalue weighted by Gasteiger charge is -2.39. The predicted octanol–water partition coefficient (Wildman–Crippen LogP) is 1.64. The molecule has 0 saturated carbocycles. The molecular weight excluding hydrogens is 226 g/mol. The second-order valence-corrected chi connectivity index (χ2v) is 5.38. The fourth-order valence-corrected chi connectivity index (χ4v) is 2.31. The average Bonchev–Trinajstić information content (AvgIpc) is 2.33. The predicted molar refractivity (Wildman–Crippen MR) is 73.0 cm³/mol. The molecule has 0 aromatic carbocycles. The fraction of sp³-hybridized carbons (Fsp3) is 0.615. The molecule has 0 spiro atoms. The number of amidine groups is 1. The van der Waals surface area contributed by atoms with Gasteiger partial charge in [0.25, 0.3) is 0 Å². The van der Waals surface area contributed by atoms with Crippen LogP contribution in [0.1, 0.15) is 31.2 Å². The molecule has 2 rings (SSSR count). The van der Waals surface area contributed by atoms with Gasteiger partial charge in [0, 0.05) is 24.7 Å². The van der Waals surface area contributed by atoms with E-state index in [1.54, 1.807) is 6.20 Å². The highest BCUT2D eigenvalue weighted by atomic mass is 15.2. The Morgan fingerprint density at radius 1 is 1.39 bits per heavy atom. The molecule has 1 aliphatic rings. The van der Waals surface area contributed by atoms with Crippen molar-refractivity contribution in [3.8, 4) is 0 Å². The van der Waals surface area contributed by atoms with E-state index in [0.29, 0.717) is 5.84 Å². The summed E-state index contributed by atoms with van der Waals surface area (Å²) in [6.45, 7) is 7.78. The third-order valence-electron chi connectivity index (χ3n) is 3.87. The fourth-order valence-electron chi connectivity index (χ4n) is 2.31. The van der Waals surface area contributed by atoms with Gasteiger partial charge in [-0.2, -0.15) is 0 Å². The van der Waals surface area contributed by atoms with Crippen LogP contribution < -0.4 is 10.6 Å². The third kappa shape index (κ3) is 2.30. The number of anilines is 1. The van der Waals surface area contributed by atoms with Crippen molar-refractivity contribution < 1.29 is 0 Å². The Bertz CT molecular complexity index is 460. The van der Waals surface area contributed by atoms with Gasteiger partial charge >= 0.3 is 0 Å². The number of aryl methyl sites for hydroxylation is 2. The number of hydrogen-bond donors (Lipinski definition) is 2. The van der Waals surface area contributed by atoms with Gasteiger partial charge in [-0.1, -0.05) is 6.92 Å². The Hall–Kier alpha value is -1.65. The lowest BCUT2D eigenvalue weighted by Crippen LogP contribution is -2.45. The Morgan fingerprint density at radius 2 is 2.00 bits per heavy atom. The second-order valence-electron chi connectivity index (χ2n) is 5.38. The molecule has 0 atom stereocenters. The van der Waals surface area contributed by atoms with Crippen molar-refractivity contribution in [2.45, 2.75) is 33.6 Å². The number of aromatic nitrogens is 2. The highest BCUT2D eigenvalue weighted by Gasteiger charge is 2.33. The largest absolute Gasteiger partial charge is 0.387 e. The molecule has 0 amide bonds.